The topological polar surface area (TPSA) is 65.5 Å². The SMILES string of the molecule is CCOC(=O)c1csc([C@H]2CC(=O)C=CO2)n1. The first kappa shape index (κ1) is 11.8. The number of ether oxygens (including phenoxy) is 2. The minimum atomic E-state index is -0.451. The highest BCUT2D eigenvalue weighted by molar-refractivity contribution is 7.09. The maximum absolute atomic E-state index is 11.4. The quantitative estimate of drug-likeness (QED) is 0.769. The molecule has 0 spiro atoms. The van der Waals surface area contributed by atoms with E-state index in [0.29, 0.717) is 11.6 Å². The highest BCUT2D eigenvalue weighted by atomic mass is 32.1. The van der Waals surface area contributed by atoms with Crippen molar-refractivity contribution in [1.29, 1.82) is 0 Å². The van der Waals surface area contributed by atoms with Gasteiger partial charge in [-0.05, 0) is 6.92 Å². The molecule has 0 radical (unpaired) electrons. The Bertz CT molecular complexity index is 466. The van der Waals surface area contributed by atoms with E-state index >= 15 is 0 Å². The van der Waals surface area contributed by atoms with E-state index in [1.807, 2.05) is 0 Å². The number of thiazole rings is 1. The third-order valence-electron chi connectivity index (χ3n) is 2.17. The van der Waals surface area contributed by atoms with Gasteiger partial charge in [-0.3, -0.25) is 4.79 Å². The van der Waals surface area contributed by atoms with Gasteiger partial charge in [0, 0.05) is 11.5 Å². The second-order valence-corrected chi connectivity index (χ2v) is 4.28. The van der Waals surface area contributed by atoms with Gasteiger partial charge in [0.15, 0.2) is 17.6 Å². The van der Waals surface area contributed by atoms with Crippen molar-refractivity contribution in [2.45, 2.75) is 19.4 Å². The molecule has 2 rings (SSSR count). The van der Waals surface area contributed by atoms with Crippen LogP contribution in [0.4, 0.5) is 0 Å². The van der Waals surface area contributed by atoms with Crippen LogP contribution in [0.2, 0.25) is 0 Å². The van der Waals surface area contributed by atoms with Crippen LogP contribution >= 0.6 is 11.3 Å². The van der Waals surface area contributed by atoms with Crippen molar-refractivity contribution in [2.75, 3.05) is 6.61 Å². The van der Waals surface area contributed by atoms with Gasteiger partial charge in [0.2, 0.25) is 0 Å². The molecule has 1 aromatic rings. The number of ketones is 1. The maximum Gasteiger partial charge on any atom is 0.357 e. The highest BCUT2D eigenvalue weighted by Crippen LogP contribution is 2.27. The molecule has 0 aliphatic carbocycles. The molecule has 0 unspecified atom stereocenters. The third kappa shape index (κ3) is 2.71. The van der Waals surface area contributed by atoms with Gasteiger partial charge in [0.05, 0.1) is 19.3 Å². The van der Waals surface area contributed by atoms with E-state index in [1.54, 1.807) is 12.3 Å². The van der Waals surface area contributed by atoms with Crippen molar-refractivity contribution < 1.29 is 19.1 Å². The summed E-state index contributed by atoms with van der Waals surface area (Å²) in [4.78, 5) is 26.7. The molecule has 5 nitrogen and oxygen atoms in total. The molecule has 0 N–H and O–H groups in total. The van der Waals surface area contributed by atoms with Crippen LogP contribution in [0.3, 0.4) is 0 Å². The summed E-state index contributed by atoms with van der Waals surface area (Å²) in [5, 5.41) is 2.23. The van der Waals surface area contributed by atoms with Gasteiger partial charge in [-0.25, -0.2) is 9.78 Å². The summed E-state index contributed by atoms with van der Waals surface area (Å²) >= 11 is 1.29. The number of aromatic nitrogens is 1. The first-order valence-electron chi connectivity index (χ1n) is 5.18. The minimum Gasteiger partial charge on any atom is -0.490 e. The Morgan fingerprint density at radius 2 is 2.53 bits per heavy atom. The van der Waals surface area contributed by atoms with Gasteiger partial charge in [-0.15, -0.1) is 11.3 Å². The van der Waals surface area contributed by atoms with E-state index in [-0.39, 0.29) is 24.0 Å². The molecule has 1 aliphatic heterocycles. The van der Waals surface area contributed by atoms with Crippen molar-refractivity contribution in [2.24, 2.45) is 0 Å². The molecule has 1 aliphatic rings. The summed E-state index contributed by atoms with van der Waals surface area (Å²) in [7, 11) is 0. The molecular weight excluding hydrogens is 242 g/mol. The number of allylic oxidation sites excluding steroid dienone is 1. The average molecular weight is 253 g/mol. The van der Waals surface area contributed by atoms with Crippen molar-refractivity contribution in [1.82, 2.24) is 4.98 Å². The van der Waals surface area contributed by atoms with E-state index < -0.39 is 5.97 Å². The minimum absolute atomic E-state index is 0.00543. The summed E-state index contributed by atoms with van der Waals surface area (Å²) in [6, 6.07) is 0. The normalized spacial score (nSPS) is 18.9. The largest absolute Gasteiger partial charge is 0.490 e. The van der Waals surface area contributed by atoms with Gasteiger partial charge in [0.25, 0.3) is 0 Å². The predicted octanol–water partition coefficient (Wildman–Crippen LogP) is 1.86. The van der Waals surface area contributed by atoms with Crippen molar-refractivity contribution in [3.05, 3.63) is 28.4 Å². The Hall–Kier alpha value is -1.69. The fraction of sp³-hybridized carbons (Fsp3) is 0.364. The Labute approximate surface area is 102 Å². The second kappa shape index (κ2) is 5.09. The molecule has 90 valence electrons. The zero-order chi connectivity index (χ0) is 12.3. The van der Waals surface area contributed by atoms with Crippen molar-refractivity contribution in [3.8, 4) is 0 Å². The molecule has 2 heterocycles. The smallest absolute Gasteiger partial charge is 0.357 e. The first-order chi connectivity index (χ1) is 8.20. The van der Waals surface area contributed by atoms with Gasteiger partial charge in [0.1, 0.15) is 5.01 Å². The Kier molecular flexibility index (Phi) is 3.53. The van der Waals surface area contributed by atoms with Gasteiger partial charge < -0.3 is 9.47 Å². The summed E-state index contributed by atoms with van der Waals surface area (Å²) < 4.78 is 10.1. The lowest BCUT2D eigenvalue weighted by Crippen LogP contribution is -2.12. The van der Waals surface area contributed by atoms with E-state index in [9.17, 15) is 9.59 Å². The van der Waals surface area contributed by atoms with E-state index in [1.165, 1.54) is 23.7 Å². The highest BCUT2D eigenvalue weighted by Gasteiger charge is 2.23. The number of hydrogen-bond acceptors (Lipinski definition) is 6. The van der Waals surface area contributed by atoms with Crippen LogP contribution in [-0.2, 0) is 14.3 Å². The van der Waals surface area contributed by atoms with Crippen LogP contribution in [0, 0.1) is 0 Å². The summed E-state index contributed by atoms with van der Waals surface area (Å²) in [5.41, 5.74) is 0.262. The first-order valence-corrected chi connectivity index (χ1v) is 6.06. The lowest BCUT2D eigenvalue weighted by atomic mass is 10.1. The zero-order valence-corrected chi connectivity index (χ0v) is 10.0. The van der Waals surface area contributed by atoms with Crippen LogP contribution in [0.1, 0.15) is 34.9 Å². The van der Waals surface area contributed by atoms with Crippen LogP contribution in [0.5, 0.6) is 0 Å². The molecule has 17 heavy (non-hydrogen) atoms. The predicted molar refractivity (Wildman–Crippen MR) is 60.7 cm³/mol. The van der Waals surface area contributed by atoms with Gasteiger partial charge >= 0.3 is 5.97 Å². The van der Waals surface area contributed by atoms with E-state index in [2.05, 4.69) is 4.98 Å². The zero-order valence-electron chi connectivity index (χ0n) is 9.21. The molecule has 0 saturated heterocycles. The maximum atomic E-state index is 11.4. The van der Waals surface area contributed by atoms with Gasteiger partial charge in [-0.2, -0.15) is 0 Å². The van der Waals surface area contributed by atoms with E-state index in [4.69, 9.17) is 9.47 Å². The third-order valence-corrected chi connectivity index (χ3v) is 3.10. The number of carbonyl (C=O) groups is 2. The summed E-state index contributed by atoms with van der Waals surface area (Å²) in [5.74, 6) is -0.457. The molecule has 0 saturated carbocycles. The summed E-state index contributed by atoms with van der Waals surface area (Å²) in [6.07, 6.45) is 2.62. The summed E-state index contributed by atoms with van der Waals surface area (Å²) in [6.45, 7) is 2.05. The number of nitrogens with zero attached hydrogens (tertiary/aromatic N) is 1. The molecule has 0 amide bonds. The molecule has 1 atom stereocenters. The Morgan fingerprint density at radius 1 is 1.71 bits per heavy atom. The van der Waals surface area contributed by atoms with Crippen molar-refractivity contribution >= 4 is 23.1 Å². The molecule has 0 aromatic carbocycles. The Morgan fingerprint density at radius 3 is 3.24 bits per heavy atom. The number of esters is 1. The second-order valence-electron chi connectivity index (χ2n) is 3.39. The van der Waals surface area contributed by atoms with Crippen LogP contribution in [0.25, 0.3) is 0 Å². The molecule has 1 aromatic heterocycles. The number of carbonyl (C=O) groups excluding carboxylic acids is 2. The fourth-order valence-electron chi connectivity index (χ4n) is 1.39. The van der Waals surface area contributed by atoms with Crippen LogP contribution in [0.15, 0.2) is 17.7 Å². The van der Waals surface area contributed by atoms with E-state index in [0.717, 1.165) is 0 Å². The van der Waals surface area contributed by atoms with Gasteiger partial charge in [-0.1, -0.05) is 0 Å². The molecule has 6 heteroatoms. The number of hydrogen-bond donors (Lipinski definition) is 0. The lowest BCUT2D eigenvalue weighted by molar-refractivity contribution is -0.118. The van der Waals surface area contributed by atoms with Crippen LogP contribution < -0.4 is 0 Å². The standard InChI is InChI=1S/C11H11NO4S/c1-2-15-11(14)8-6-17-10(12-8)9-5-7(13)3-4-16-9/h3-4,6,9H,2,5H2,1H3/t9-/m1/s1. The average Bonchev–Trinajstić information content (AvgIpc) is 2.78. The molecule has 0 fully saturated rings. The van der Waals surface area contributed by atoms with Crippen molar-refractivity contribution in [3.63, 3.8) is 0 Å². The van der Waals surface area contributed by atoms with Crippen LogP contribution in [-0.4, -0.2) is 23.3 Å². The number of rotatable bonds is 3. The molecular formula is C11H11NO4S. The molecule has 0 bridgehead atoms. The fourth-order valence-corrected chi connectivity index (χ4v) is 2.21. The Balaban J connectivity index is 2.10. The lowest BCUT2D eigenvalue weighted by Gasteiger charge is -2.15. The monoisotopic (exact) mass is 253 g/mol.